The molecule has 0 amide bonds. The Bertz CT molecular complexity index is 604. The standard InChI is InChI=1S/C15H17N3O3/c19-14(20)13-11-21-15(16-13)18-8-6-17(7-9-18)10-12-4-2-1-3-5-12/h1-5,11H,6-10H2,(H,19,20). The lowest BCUT2D eigenvalue weighted by atomic mass is 10.2. The van der Waals surface area contributed by atoms with Crippen molar-refractivity contribution in [3.8, 4) is 0 Å². The van der Waals surface area contributed by atoms with Crippen molar-refractivity contribution in [2.45, 2.75) is 6.54 Å². The van der Waals surface area contributed by atoms with Crippen LogP contribution in [0.15, 0.2) is 41.0 Å². The first-order valence-corrected chi connectivity index (χ1v) is 6.92. The van der Waals surface area contributed by atoms with Gasteiger partial charge in [-0.15, -0.1) is 0 Å². The maximum atomic E-state index is 10.8. The molecular weight excluding hydrogens is 270 g/mol. The highest BCUT2D eigenvalue weighted by Gasteiger charge is 2.21. The van der Waals surface area contributed by atoms with E-state index in [1.54, 1.807) is 0 Å². The van der Waals surface area contributed by atoms with Crippen LogP contribution < -0.4 is 4.90 Å². The van der Waals surface area contributed by atoms with E-state index < -0.39 is 5.97 Å². The number of carboxylic acid groups (broad SMARTS) is 1. The summed E-state index contributed by atoms with van der Waals surface area (Å²) < 4.78 is 5.23. The van der Waals surface area contributed by atoms with Gasteiger partial charge >= 0.3 is 5.97 Å². The topological polar surface area (TPSA) is 69.8 Å². The molecule has 110 valence electrons. The quantitative estimate of drug-likeness (QED) is 0.923. The number of nitrogens with zero attached hydrogens (tertiary/aromatic N) is 3. The van der Waals surface area contributed by atoms with E-state index in [-0.39, 0.29) is 5.69 Å². The molecule has 6 nitrogen and oxygen atoms in total. The molecule has 0 aliphatic carbocycles. The number of benzene rings is 1. The van der Waals surface area contributed by atoms with E-state index in [1.807, 2.05) is 23.1 Å². The lowest BCUT2D eigenvalue weighted by Gasteiger charge is -2.33. The third-order valence-corrected chi connectivity index (χ3v) is 3.60. The Morgan fingerprint density at radius 3 is 2.52 bits per heavy atom. The van der Waals surface area contributed by atoms with Crippen LogP contribution in [0, 0.1) is 0 Å². The number of anilines is 1. The number of carboxylic acids is 1. The molecule has 0 unspecified atom stereocenters. The minimum Gasteiger partial charge on any atom is -0.476 e. The van der Waals surface area contributed by atoms with Gasteiger partial charge in [-0.3, -0.25) is 4.90 Å². The van der Waals surface area contributed by atoms with Crippen molar-refractivity contribution in [2.24, 2.45) is 0 Å². The number of hydrogen-bond donors (Lipinski definition) is 1. The molecule has 21 heavy (non-hydrogen) atoms. The van der Waals surface area contributed by atoms with E-state index in [0.717, 1.165) is 32.7 Å². The van der Waals surface area contributed by atoms with Crippen LogP contribution >= 0.6 is 0 Å². The van der Waals surface area contributed by atoms with Crippen LogP contribution in [-0.2, 0) is 6.54 Å². The summed E-state index contributed by atoms with van der Waals surface area (Å²) in [6.07, 6.45) is 1.19. The highest BCUT2D eigenvalue weighted by Crippen LogP contribution is 2.17. The van der Waals surface area contributed by atoms with Crippen molar-refractivity contribution in [1.29, 1.82) is 0 Å². The van der Waals surface area contributed by atoms with E-state index in [0.29, 0.717) is 6.01 Å². The van der Waals surface area contributed by atoms with Crippen LogP contribution in [0.2, 0.25) is 0 Å². The molecule has 1 fully saturated rings. The molecular formula is C15H17N3O3. The minimum absolute atomic E-state index is 0.0447. The highest BCUT2D eigenvalue weighted by molar-refractivity contribution is 5.85. The second kappa shape index (κ2) is 5.97. The number of aromatic nitrogens is 1. The fraction of sp³-hybridized carbons (Fsp3) is 0.333. The molecule has 1 aliphatic heterocycles. The SMILES string of the molecule is O=C(O)c1coc(N2CCN(Cc3ccccc3)CC2)n1. The van der Waals surface area contributed by atoms with Crippen molar-refractivity contribution in [2.75, 3.05) is 31.1 Å². The van der Waals surface area contributed by atoms with Crippen LogP contribution in [0.25, 0.3) is 0 Å². The zero-order chi connectivity index (χ0) is 14.7. The lowest BCUT2D eigenvalue weighted by Crippen LogP contribution is -2.46. The molecule has 2 aromatic rings. The molecule has 3 rings (SSSR count). The predicted octanol–water partition coefficient (Wildman–Crippen LogP) is 1.70. The molecule has 1 aliphatic rings. The van der Waals surface area contributed by atoms with E-state index in [4.69, 9.17) is 9.52 Å². The third kappa shape index (κ3) is 3.22. The Morgan fingerprint density at radius 2 is 1.90 bits per heavy atom. The summed E-state index contributed by atoms with van der Waals surface area (Å²) >= 11 is 0. The van der Waals surface area contributed by atoms with Gasteiger partial charge in [0.25, 0.3) is 6.01 Å². The normalized spacial score (nSPS) is 16.1. The molecule has 0 atom stereocenters. The molecule has 0 radical (unpaired) electrons. The van der Waals surface area contributed by atoms with Gasteiger partial charge in [-0.2, -0.15) is 4.98 Å². The van der Waals surface area contributed by atoms with E-state index in [1.165, 1.54) is 11.8 Å². The summed E-state index contributed by atoms with van der Waals surface area (Å²) in [5.41, 5.74) is 1.26. The number of carbonyl (C=O) groups is 1. The predicted molar refractivity (Wildman–Crippen MR) is 77.4 cm³/mol. The van der Waals surface area contributed by atoms with Crippen LogP contribution in [-0.4, -0.2) is 47.1 Å². The highest BCUT2D eigenvalue weighted by atomic mass is 16.4. The average molecular weight is 287 g/mol. The van der Waals surface area contributed by atoms with Crippen LogP contribution in [0.1, 0.15) is 16.1 Å². The van der Waals surface area contributed by atoms with E-state index >= 15 is 0 Å². The summed E-state index contributed by atoms with van der Waals surface area (Å²) in [5, 5.41) is 8.85. The van der Waals surface area contributed by atoms with Gasteiger partial charge in [-0.25, -0.2) is 4.79 Å². The Hall–Kier alpha value is -2.34. The zero-order valence-electron chi connectivity index (χ0n) is 11.6. The molecule has 0 bridgehead atoms. The lowest BCUT2D eigenvalue weighted by molar-refractivity contribution is 0.0690. The monoisotopic (exact) mass is 287 g/mol. The van der Waals surface area contributed by atoms with Crippen LogP contribution in [0.3, 0.4) is 0 Å². The van der Waals surface area contributed by atoms with Gasteiger partial charge in [0.05, 0.1) is 0 Å². The molecule has 1 saturated heterocycles. The van der Waals surface area contributed by atoms with E-state index in [9.17, 15) is 4.79 Å². The minimum atomic E-state index is -1.06. The van der Waals surface area contributed by atoms with Crippen molar-refractivity contribution < 1.29 is 14.3 Å². The number of hydrogen-bond acceptors (Lipinski definition) is 5. The number of rotatable bonds is 4. The Balaban J connectivity index is 1.56. The van der Waals surface area contributed by atoms with Crippen molar-refractivity contribution >= 4 is 12.0 Å². The summed E-state index contributed by atoms with van der Waals surface area (Å²) in [6.45, 7) is 4.30. The summed E-state index contributed by atoms with van der Waals surface area (Å²) in [5.74, 6) is -1.06. The third-order valence-electron chi connectivity index (χ3n) is 3.60. The second-order valence-corrected chi connectivity index (χ2v) is 5.07. The largest absolute Gasteiger partial charge is 0.476 e. The Morgan fingerprint density at radius 1 is 1.19 bits per heavy atom. The zero-order valence-corrected chi connectivity index (χ0v) is 11.6. The fourth-order valence-electron chi connectivity index (χ4n) is 2.45. The van der Waals surface area contributed by atoms with Gasteiger partial charge in [0.2, 0.25) is 0 Å². The number of piperazine rings is 1. The first kappa shape index (κ1) is 13.6. The van der Waals surface area contributed by atoms with Gasteiger partial charge in [-0.05, 0) is 5.56 Å². The summed E-state index contributed by atoms with van der Waals surface area (Å²) in [4.78, 5) is 19.1. The molecule has 1 N–H and O–H groups in total. The summed E-state index contributed by atoms with van der Waals surface area (Å²) in [6, 6.07) is 10.8. The second-order valence-electron chi connectivity index (χ2n) is 5.07. The van der Waals surface area contributed by atoms with Gasteiger partial charge in [0, 0.05) is 32.7 Å². The van der Waals surface area contributed by atoms with Gasteiger partial charge < -0.3 is 14.4 Å². The Labute approximate surface area is 122 Å². The molecule has 1 aromatic heterocycles. The number of oxazole rings is 1. The van der Waals surface area contributed by atoms with Gasteiger partial charge in [0.15, 0.2) is 5.69 Å². The maximum Gasteiger partial charge on any atom is 0.357 e. The average Bonchev–Trinajstić information content (AvgIpc) is 2.99. The smallest absolute Gasteiger partial charge is 0.357 e. The summed E-state index contributed by atoms with van der Waals surface area (Å²) in [7, 11) is 0. The molecule has 0 spiro atoms. The van der Waals surface area contributed by atoms with E-state index in [2.05, 4.69) is 22.0 Å². The molecule has 1 aromatic carbocycles. The van der Waals surface area contributed by atoms with Gasteiger partial charge in [-0.1, -0.05) is 30.3 Å². The van der Waals surface area contributed by atoms with Crippen LogP contribution in [0.5, 0.6) is 0 Å². The molecule has 6 heteroatoms. The van der Waals surface area contributed by atoms with Crippen molar-refractivity contribution in [1.82, 2.24) is 9.88 Å². The first-order chi connectivity index (χ1) is 10.2. The van der Waals surface area contributed by atoms with Gasteiger partial charge in [0.1, 0.15) is 6.26 Å². The first-order valence-electron chi connectivity index (χ1n) is 6.92. The number of aromatic carboxylic acids is 1. The van der Waals surface area contributed by atoms with Crippen molar-refractivity contribution in [3.05, 3.63) is 47.9 Å². The fourth-order valence-corrected chi connectivity index (χ4v) is 2.45. The van der Waals surface area contributed by atoms with Crippen LogP contribution in [0.4, 0.5) is 6.01 Å². The molecule has 2 heterocycles. The molecule has 0 saturated carbocycles. The van der Waals surface area contributed by atoms with Crippen molar-refractivity contribution in [3.63, 3.8) is 0 Å². The Kier molecular flexibility index (Phi) is 3.87. The maximum absolute atomic E-state index is 10.8.